The highest BCUT2D eigenvalue weighted by Crippen LogP contribution is 2.29. The van der Waals surface area contributed by atoms with Crippen LogP contribution >= 0.6 is 11.8 Å². The fourth-order valence-electron chi connectivity index (χ4n) is 4.78. The second-order valence-electron chi connectivity index (χ2n) is 8.95. The molecule has 2 aliphatic heterocycles. The number of carbonyl (C=O) groups is 1. The van der Waals surface area contributed by atoms with Crippen molar-refractivity contribution in [3.05, 3.63) is 71.5 Å². The maximum absolute atomic E-state index is 13.3. The Morgan fingerprint density at radius 2 is 1.67 bits per heavy atom. The van der Waals surface area contributed by atoms with Crippen LogP contribution in [0.15, 0.2) is 59.8 Å². The maximum atomic E-state index is 13.3. The third kappa shape index (κ3) is 4.99. The summed E-state index contributed by atoms with van der Waals surface area (Å²) in [5, 5.41) is 9.66. The van der Waals surface area contributed by atoms with Gasteiger partial charge in [-0.3, -0.25) is 14.3 Å². The highest BCUT2D eigenvalue weighted by Gasteiger charge is 2.28. The lowest BCUT2D eigenvalue weighted by Crippen LogP contribution is -2.40. The molecule has 0 saturated carbocycles. The number of rotatable bonds is 6. The fourth-order valence-corrected chi connectivity index (χ4v) is 5.75. The van der Waals surface area contributed by atoms with Gasteiger partial charge in [0, 0.05) is 18.8 Å². The zero-order chi connectivity index (χ0) is 22.6. The average molecular weight is 462 g/mol. The molecule has 1 fully saturated rings. The van der Waals surface area contributed by atoms with Crippen LogP contribution in [0.1, 0.15) is 43.1 Å². The lowest BCUT2D eigenvalue weighted by atomic mass is 10.00. The number of fused-ring (bicyclic) bond motifs is 1. The molecular weight excluding hydrogens is 430 g/mol. The number of para-hydroxylation sites is 1. The highest BCUT2D eigenvalue weighted by atomic mass is 32.2. The largest absolute Gasteiger partial charge is 0.337 e. The van der Waals surface area contributed by atoms with Gasteiger partial charge in [0.15, 0.2) is 11.0 Å². The Bertz CT molecular complexity index is 1090. The van der Waals surface area contributed by atoms with Gasteiger partial charge in [0.25, 0.3) is 0 Å². The van der Waals surface area contributed by atoms with Gasteiger partial charge in [0.05, 0.1) is 11.8 Å². The number of carbonyl (C=O) groups excluding carboxylic acids is 1. The first-order chi connectivity index (χ1) is 16.2. The number of likely N-dealkylation sites (tertiary alicyclic amines) is 1. The first-order valence-corrected chi connectivity index (χ1v) is 12.8. The number of nitrogens with zero attached hydrogens (tertiary/aromatic N) is 5. The number of hydrogen-bond donors (Lipinski definition) is 0. The van der Waals surface area contributed by atoms with Crippen molar-refractivity contribution >= 4 is 17.7 Å². The molecule has 1 atom stereocenters. The molecule has 2 aliphatic rings. The monoisotopic (exact) mass is 461 g/mol. The van der Waals surface area contributed by atoms with E-state index in [1.54, 1.807) is 0 Å². The van der Waals surface area contributed by atoms with Crippen molar-refractivity contribution in [2.75, 3.05) is 19.6 Å². The Morgan fingerprint density at radius 1 is 0.939 bits per heavy atom. The molecule has 3 aromatic rings. The molecule has 1 unspecified atom stereocenters. The predicted molar refractivity (Wildman–Crippen MR) is 131 cm³/mol. The van der Waals surface area contributed by atoms with E-state index in [4.69, 9.17) is 0 Å². The van der Waals surface area contributed by atoms with Gasteiger partial charge in [-0.25, -0.2) is 0 Å². The smallest absolute Gasteiger partial charge is 0.236 e. The number of hydrogen-bond acceptors (Lipinski definition) is 5. The third-order valence-corrected chi connectivity index (χ3v) is 7.63. The van der Waals surface area contributed by atoms with Crippen molar-refractivity contribution in [1.29, 1.82) is 0 Å². The number of thioether (sulfide) groups is 1. The van der Waals surface area contributed by atoms with E-state index in [-0.39, 0.29) is 11.2 Å². The molecule has 1 aromatic heterocycles. The predicted octanol–water partition coefficient (Wildman–Crippen LogP) is 4.32. The van der Waals surface area contributed by atoms with E-state index < -0.39 is 0 Å². The van der Waals surface area contributed by atoms with Crippen molar-refractivity contribution < 1.29 is 4.79 Å². The van der Waals surface area contributed by atoms with Crippen molar-refractivity contribution in [3.63, 3.8) is 0 Å². The first-order valence-electron chi connectivity index (χ1n) is 11.9. The standard InChI is InChI=1S/C26H31N5OS/c1-20(25(32)30-17-14-21-10-6-7-11-22(21)18-30)33-26-28-27-24(19-29-15-8-3-9-16-29)31(26)23-12-4-2-5-13-23/h2,4-7,10-13,20H,3,8-9,14-19H2,1H3. The molecule has 2 aromatic carbocycles. The summed E-state index contributed by atoms with van der Waals surface area (Å²) < 4.78 is 2.13. The van der Waals surface area contributed by atoms with E-state index in [0.717, 1.165) is 49.3 Å². The van der Waals surface area contributed by atoms with Crippen molar-refractivity contribution in [1.82, 2.24) is 24.6 Å². The van der Waals surface area contributed by atoms with E-state index >= 15 is 0 Å². The van der Waals surface area contributed by atoms with Crippen LogP contribution in [-0.4, -0.2) is 55.4 Å². The molecule has 0 spiro atoms. The molecular formula is C26H31N5OS. The number of amides is 1. The zero-order valence-electron chi connectivity index (χ0n) is 19.2. The Kier molecular flexibility index (Phi) is 6.78. The van der Waals surface area contributed by atoms with E-state index in [1.165, 1.54) is 42.2 Å². The number of benzene rings is 2. The van der Waals surface area contributed by atoms with Gasteiger partial charge in [-0.05, 0) is 62.5 Å². The van der Waals surface area contributed by atoms with Gasteiger partial charge < -0.3 is 4.90 Å². The maximum Gasteiger partial charge on any atom is 0.236 e. The molecule has 5 rings (SSSR count). The van der Waals surface area contributed by atoms with E-state index in [0.29, 0.717) is 6.54 Å². The van der Waals surface area contributed by atoms with Gasteiger partial charge in [-0.15, -0.1) is 10.2 Å². The highest BCUT2D eigenvalue weighted by molar-refractivity contribution is 8.00. The molecule has 7 heteroatoms. The summed E-state index contributed by atoms with van der Waals surface area (Å²) >= 11 is 1.51. The molecule has 0 aliphatic carbocycles. The van der Waals surface area contributed by atoms with Crippen LogP contribution in [0.25, 0.3) is 5.69 Å². The Labute approximate surface area is 200 Å². The van der Waals surface area contributed by atoms with Crippen LogP contribution in [0.3, 0.4) is 0 Å². The second kappa shape index (κ2) is 10.1. The fraction of sp³-hybridized carbons (Fsp3) is 0.423. The van der Waals surface area contributed by atoms with Crippen LogP contribution < -0.4 is 0 Å². The average Bonchev–Trinajstić information content (AvgIpc) is 3.26. The van der Waals surface area contributed by atoms with E-state index in [9.17, 15) is 4.79 Å². The molecule has 33 heavy (non-hydrogen) atoms. The molecule has 1 saturated heterocycles. The van der Waals surface area contributed by atoms with Gasteiger partial charge in [-0.1, -0.05) is 60.6 Å². The van der Waals surface area contributed by atoms with Crippen LogP contribution in [-0.2, 0) is 24.3 Å². The van der Waals surface area contributed by atoms with Crippen LogP contribution in [0.4, 0.5) is 0 Å². The lowest BCUT2D eigenvalue weighted by Gasteiger charge is -2.30. The topological polar surface area (TPSA) is 54.3 Å². The second-order valence-corrected chi connectivity index (χ2v) is 10.3. The molecule has 0 bridgehead atoms. The Balaban J connectivity index is 1.34. The Morgan fingerprint density at radius 3 is 2.45 bits per heavy atom. The zero-order valence-corrected chi connectivity index (χ0v) is 20.0. The minimum Gasteiger partial charge on any atom is -0.337 e. The molecule has 0 radical (unpaired) electrons. The van der Waals surface area contributed by atoms with Crippen LogP contribution in [0.5, 0.6) is 0 Å². The Hall–Kier alpha value is -2.64. The van der Waals surface area contributed by atoms with Crippen molar-refractivity contribution in [2.45, 2.75) is 56.1 Å². The minimum absolute atomic E-state index is 0.162. The summed E-state index contributed by atoms with van der Waals surface area (Å²) in [6.45, 7) is 6.44. The first kappa shape index (κ1) is 22.2. The van der Waals surface area contributed by atoms with Crippen LogP contribution in [0, 0.1) is 0 Å². The molecule has 6 nitrogen and oxygen atoms in total. The summed E-state index contributed by atoms with van der Waals surface area (Å²) in [6.07, 6.45) is 4.71. The SMILES string of the molecule is CC(Sc1nnc(CN2CCCCC2)n1-c1ccccc1)C(=O)N1CCc2ccccc2C1. The van der Waals surface area contributed by atoms with Gasteiger partial charge in [0.2, 0.25) is 5.91 Å². The molecule has 172 valence electrons. The van der Waals surface area contributed by atoms with E-state index in [1.807, 2.05) is 30.0 Å². The third-order valence-electron chi connectivity index (χ3n) is 6.60. The van der Waals surface area contributed by atoms with Gasteiger partial charge >= 0.3 is 0 Å². The van der Waals surface area contributed by atoms with Crippen molar-refractivity contribution in [2.24, 2.45) is 0 Å². The van der Waals surface area contributed by atoms with Gasteiger partial charge in [-0.2, -0.15) is 0 Å². The number of piperidine rings is 1. The summed E-state index contributed by atoms with van der Waals surface area (Å²) in [5.74, 6) is 1.10. The van der Waals surface area contributed by atoms with Crippen molar-refractivity contribution in [3.8, 4) is 5.69 Å². The quantitative estimate of drug-likeness (QED) is 0.512. The van der Waals surface area contributed by atoms with Crippen LogP contribution in [0.2, 0.25) is 0 Å². The number of aromatic nitrogens is 3. The molecule has 3 heterocycles. The summed E-state index contributed by atoms with van der Waals surface area (Å²) in [4.78, 5) is 17.8. The molecule has 0 N–H and O–H groups in total. The van der Waals surface area contributed by atoms with Gasteiger partial charge in [0.1, 0.15) is 0 Å². The summed E-state index contributed by atoms with van der Waals surface area (Å²) in [7, 11) is 0. The molecule has 1 amide bonds. The van der Waals surface area contributed by atoms with E-state index in [2.05, 4.69) is 56.1 Å². The lowest BCUT2D eigenvalue weighted by molar-refractivity contribution is -0.131. The summed E-state index contributed by atoms with van der Waals surface area (Å²) in [5.41, 5.74) is 3.65. The summed E-state index contributed by atoms with van der Waals surface area (Å²) in [6, 6.07) is 18.7. The normalized spacial score (nSPS) is 17.5. The minimum atomic E-state index is -0.232.